The molecule has 0 aliphatic carbocycles. The molecule has 9 atom stereocenters. The molecule has 3 saturated heterocycles. The molecule has 3 aromatic rings. The van der Waals surface area contributed by atoms with Gasteiger partial charge in [-0.1, -0.05) is 36.4 Å². The molecule has 6 amide bonds. The first-order valence-corrected chi connectivity index (χ1v) is 28.4. The van der Waals surface area contributed by atoms with Crippen LogP contribution in [0.2, 0.25) is 0 Å². The van der Waals surface area contributed by atoms with Crippen molar-refractivity contribution in [3.05, 3.63) is 123 Å². The number of β-lactam (4-membered cyclic amide) rings is 3. The van der Waals surface area contributed by atoms with E-state index in [1.807, 2.05) is 0 Å². The molecule has 6 aliphatic rings. The lowest BCUT2D eigenvalue weighted by Gasteiger charge is -2.44. The first-order chi connectivity index (χ1) is 41.3. The Balaban J connectivity index is 0.000000190. The van der Waals surface area contributed by atoms with Crippen LogP contribution in [0.5, 0.6) is 0 Å². The number of nitrogens with one attached hydrogen (secondary N) is 3. The standard InChI is InChI=1S/2C23H28N2O7.C17H18N2O5/c1-12(26)17-16-10-15(13-6-8-14(9-7-13)19(27)24-5)18(25(16)20(17)28)21(29)31-11-32-22(30)23(2,3)4;1-12(26)17-16-10-15(13-7-6-8-14(9-13)19(27)24-5)18(25(16)20(17)28)21(29)31-11-32-22(30)23(2,3)4;1-8(20)13-12-7-11(14(17(23)24)19(12)16(13)22)9-3-5-10(6-4-9)15(21)18-2/h2*6-9,12,16-17,26H,10-11H2,1-5H3,(H,24,27);3-6,8,12-13,20H,7H2,1-2H3,(H,18,21)(H,23,24)/t2*12-,16-,17-;8-,12-,13-/m111/s1. The summed E-state index contributed by atoms with van der Waals surface area (Å²) in [6.45, 7) is 13.5. The lowest BCUT2D eigenvalue weighted by molar-refractivity contribution is -0.175. The predicted octanol–water partition coefficient (Wildman–Crippen LogP) is 3.37. The van der Waals surface area contributed by atoms with Crippen LogP contribution >= 0.6 is 0 Å². The number of hydrogen-bond donors (Lipinski definition) is 7. The maximum Gasteiger partial charge on any atom is 0.358 e. The molecular formula is C63H74N6O19. The third-order valence-corrected chi connectivity index (χ3v) is 15.9. The Morgan fingerprint density at radius 2 is 0.795 bits per heavy atom. The topological polar surface area (TPSA) is 351 Å². The van der Waals surface area contributed by atoms with Crippen molar-refractivity contribution in [1.82, 2.24) is 30.7 Å². The Bertz CT molecular complexity index is 3420. The van der Waals surface area contributed by atoms with Gasteiger partial charge < -0.3 is 70.0 Å². The van der Waals surface area contributed by atoms with Gasteiger partial charge in [0.1, 0.15) is 17.1 Å². The second-order valence-corrected chi connectivity index (χ2v) is 24.0. The van der Waals surface area contributed by atoms with Gasteiger partial charge in [0.25, 0.3) is 17.7 Å². The van der Waals surface area contributed by atoms with Crippen LogP contribution in [0.3, 0.4) is 0 Å². The molecule has 3 aromatic carbocycles. The van der Waals surface area contributed by atoms with Crippen LogP contribution in [0.1, 0.15) is 129 Å². The first-order valence-electron chi connectivity index (χ1n) is 28.4. The Kier molecular flexibility index (Phi) is 20.0. The predicted molar refractivity (Wildman–Crippen MR) is 312 cm³/mol. The summed E-state index contributed by atoms with van der Waals surface area (Å²) in [4.78, 5) is 138. The Morgan fingerprint density at radius 1 is 0.477 bits per heavy atom. The van der Waals surface area contributed by atoms with Gasteiger partial charge in [0.15, 0.2) is 0 Å². The fraction of sp³-hybridized carbons (Fsp3) is 0.444. The number of nitrogens with zero attached hydrogens (tertiary/aromatic N) is 3. The molecule has 25 nitrogen and oxygen atoms in total. The van der Waals surface area contributed by atoms with Gasteiger partial charge in [-0.3, -0.25) is 38.4 Å². The molecule has 9 rings (SSSR count). The average molecular weight is 1220 g/mol. The van der Waals surface area contributed by atoms with Gasteiger partial charge in [0.2, 0.25) is 31.3 Å². The highest BCUT2D eigenvalue weighted by molar-refractivity contribution is 6.09. The second kappa shape index (κ2) is 26.5. The number of carbonyl (C=O) groups is 11. The molecule has 0 unspecified atom stereocenters. The first kappa shape index (κ1) is 66.5. The summed E-state index contributed by atoms with van der Waals surface area (Å²) in [5, 5.41) is 46.9. The number of aliphatic hydroxyl groups excluding tert-OH is 3. The maximum absolute atomic E-state index is 12.9. The lowest BCUT2D eigenvalue weighted by Crippen LogP contribution is -2.61. The van der Waals surface area contributed by atoms with Crippen LogP contribution in [0.25, 0.3) is 16.7 Å². The minimum Gasteiger partial charge on any atom is -0.477 e. The zero-order valence-corrected chi connectivity index (χ0v) is 50.9. The normalized spacial score (nSPS) is 21.7. The van der Waals surface area contributed by atoms with Gasteiger partial charge >= 0.3 is 29.8 Å². The number of amides is 6. The molecular weight excluding hydrogens is 1140 g/mol. The summed E-state index contributed by atoms with van der Waals surface area (Å²) >= 11 is 0. The summed E-state index contributed by atoms with van der Waals surface area (Å²) in [7, 11) is 4.58. The van der Waals surface area contributed by atoms with Crippen LogP contribution in [0, 0.1) is 28.6 Å². The zero-order chi connectivity index (χ0) is 65.2. The van der Waals surface area contributed by atoms with Gasteiger partial charge in [0, 0.05) is 37.8 Å². The van der Waals surface area contributed by atoms with Crippen LogP contribution < -0.4 is 16.0 Å². The molecule has 6 heterocycles. The Morgan fingerprint density at radius 3 is 1.11 bits per heavy atom. The maximum atomic E-state index is 12.9. The van der Waals surface area contributed by atoms with Crippen molar-refractivity contribution in [2.24, 2.45) is 28.6 Å². The van der Waals surface area contributed by atoms with Gasteiger partial charge in [-0.25, -0.2) is 14.4 Å². The fourth-order valence-corrected chi connectivity index (χ4v) is 11.3. The third-order valence-electron chi connectivity index (χ3n) is 15.9. The highest BCUT2D eigenvalue weighted by atomic mass is 16.7. The highest BCUT2D eigenvalue weighted by Crippen LogP contribution is 2.50. The summed E-state index contributed by atoms with van der Waals surface area (Å²) in [5.74, 6) is -7.49. The van der Waals surface area contributed by atoms with E-state index >= 15 is 0 Å². The average Bonchev–Trinajstić information content (AvgIpc) is 1.90. The Hall–Kier alpha value is -9.07. The molecule has 0 radical (unpaired) electrons. The van der Waals surface area contributed by atoms with E-state index in [9.17, 15) is 73.2 Å². The summed E-state index contributed by atoms with van der Waals surface area (Å²) in [6.07, 6.45) is -1.49. The van der Waals surface area contributed by atoms with Gasteiger partial charge in [-0.05, 0) is 151 Å². The smallest absolute Gasteiger partial charge is 0.358 e. The molecule has 6 aliphatic heterocycles. The monoisotopic (exact) mass is 1220 g/mol. The largest absolute Gasteiger partial charge is 0.477 e. The summed E-state index contributed by atoms with van der Waals surface area (Å²) in [6, 6.07) is 18.8. The van der Waals surface area contributed by atoms with Crippen LogP contribution in [-0.4, -0.2) is 172 Å². The number of carbonyl (C=O) groups excluding carboxylic acids is 10. The van der Waals surface area contributed by atoms with Crippen molar-refractivity contribution >= 4 is 82.0 Å². The van der Waals surface area contributed by atoms with Gasteiger partial charge in [-0.2, -0.15) is 0 Å². The van der Waals surface area contributed by atoms with E-state index in [-0.39, 0.29) is 70.7 Å². The molecule has 7 N–H and O–H groups in total. The number of hydrogen-bond acceptors (Lipinski definition) is 18. The zero-order valence-electron chi connectivity index (χ0n) is 50.9. The van der Waals surface area contributed by atoms with Crippen molar-refractivity contribution in [3.63, 3.8) is 0 Å². The van der Waals surface area contributed by atoms with E-state index in [2.05, 4.69) is 16.0 Å². The molecule has 0 aromatic heterocycles. The fourth-order valence-electron chi connectivity index (χ4n) is 11.3. The number of aliphatic hydroxyl groups is 3. The van der Waals surface area contributed by atoms with Crippen LogP contribution in [0.4, 0.5) is 0 Å². The van der Waals surface area contributed by atoms with Gasteiger partial charge in [-0.15, -0.1) is 0 Å². The molecule has 25 heteroatoms. The SMILES string of the molecule is CNC(=O)c1ccc(C2=C(C(=O)O)N3C(=O)[C@H]([C@@H](C)O)[C@H]3C2)cc1.CNC(=O)c1ccc(C2=C(C(=O)OCOC(=O)C(C)(C)C)N3C(=O)[C@H]([C@@H](C)O)[C@H]3C2)cc1.CNC(=O)c1cccc(C2=C(C(=O)OCOC(=O)C(C)(C)C)N3C(=O)[C@H]([C@@H](C)O)[C@H]3C2)c1. The minimum absolute atomic E-state index is 0.0328. The van der Waals surface area contributed by atoms with Crippen molar-refractivity contribution in [1.29, 1.82) is 0 Å². The third kappa shape index (κ3) is 13.3. The molecule has 88 heavy (non-hydrogen) atoms. The molecule has 0 bridgehead atoms. The van der Waals surface area contributed by atoms with Crippen molar-refractivity contribution in [2.45, 2.75) is 118 Å². The van der Waals surface area contributed by atoms with Crippen LogP contribution in [-0.2, 0) is 57.3 Å². The van der Waals surface area contributed by atoms with E-state index in [4.69, 9.17) is 18.9 Å². The number of esters is 4. The number of rotatable bonds is 16. The van der Waals surface area contributed by atoms with Crippen molar-refractivity contribution in [3.8, 4) is 0 Å². The van der Waals surface area contributed by atoms with Gasteiger partial charge in [0.05, 0.1) is 65.0 Å². The number of aliphatic carboxylic acids is 1. The van der Waals surface area contributed by atoms with E-state index in [0.29, 0.717) is 69.4 Å². The Labute approximate surface area is 507 Å². The summed E-state index contributed by atoms with van der Waals surface area (Å²) < 4.78 is 20.3. The number of ether oxygens (including phenoxy) is 4. The number of carboxylic acids is 1. The van der Waals surface area contributed by atoms with E-state index in [1.165, 1.54) is 49.7 Å². The van der Waals surface area contributed by atoms with Crippen molar-refractivity contribution in [2.75, 3.05) is 34.7 Å². The molecule has 0 saturated carbocycles. The quantitative estimate of drug-likeness (QED) is 0.0614. The lowest BCUT2D eigenvalue weighted by atomic mass is 9.82. The summed E-state index contributed by atoms with van der Waals surface area (Å²) in [5.41, 5.74) is 3.45. The van der Waals surface area contributed by atoms with Crippen molar-refractivity contribution < 1.29 is 92.1 Å². The number of fused-ring (bicyclic) bond motifs is 3. The number of carboxylic acid groups (broad SMARTS) is 1. The van der Waals surface area contributed by atoms with E-state index < -0.39 is 90.3 Å². The second-order valence-electron chi connectivity index (χ2n) is 24.0. The molecule has 470 valence electrons. The molecule has 0 spiro atoms. The highest BCUT2D eigenvalue weighted by Gasteiger charge is 2.59. The minimum atomic E-state index is -1.17. The molecule has 3 fully saturated rings. The number of benzene rings is 3. The van der Waals surface area contributed by atoms with Crippen LogP contribution in [0.15, 0.2) is 89.9 Å². The van der Waals surface area contributed by atoms with E-state index in [1.54, 1.807) is 121 Å². The van der Waals surface area contributed by atoms with E-state index in [0.717, 1.165) is 0 Å².